The first kappa shape index (κ1) is 14.8. The molecule has 2 amide bonds. The van der Waals surface area contributed by atoms with Gasteiger partial charge in [-0.05, 0) is 24.3 Å². The number of para-hydroxylation sites is 2. The van der Waals surface area contributed by atoms with Crippen LogP contribution in [0.3, 0.4) is 0 Å². The highest BCUT2D eigenvalue weighted by atomic mass is 16.4. The van der Waals surface area contributed by atoms with Crippen molar-refractivity contribution in [3.05, 3.63) is 60.7 Å². The van der Waals surface area contributed by atoms with Crippen molar-refractivity contribution in [1.29, 1.82) is 0 Å². The van der Waals surface area contributed by atoms with Crippen LogP contribution in [0.2, 0.25) is 0 Å². The minimum absolute atomic E-state index is 0.516. The molecule has 0 spiro atoms. The largest absolute Gasteiger partial charge is 0.481 e. The number of carbonyl (C=O) groups excluding carboxylic acids is 2. The van der Waals surface area contributed by atoms with Crippen LogP contribution >= 0.6 is 0 Å². The normalized spacial score (nSPS) is 15.3. The van der Waals surface area contributed by atoms with E-state index in [4.69, 9.17) is 5.11 Å². The topological polar surface area (TPSA) is 77.9 Å². The second kappa shape index (κ2) is 5.92. The summed E-state index contributed by atoms with van der Waals surface area (Å²) in [4.78, 5) is 36.3. The molecule has 0 unspecified atom stereocenters. The summed E-state index contributed by atoms with van der Waals surface area (Å²) < 4.78 is 0. The lowest BCUT2D eigenvalue weighted by atomic mass is 10.1. The molecule has 1 aliphatic heterocycles. The number of carboxylic acids is 1. The minimum Gasteiger partial charge on any atom is -0.481 e. The first-order valence-electron chi connectivity index (χ1n) is 7.09. The van der Waals surface area contributed by atoms with E-state index < -0.39 is 30.1 Å². The second-order valence-corrected chi connectivity index (χ2v) is 5.12. The number of anilines is 2. The Morgan fingerprint density at radius 2 is 1.22 bits per heavy atom. The lowest BCUT2D eigenvalue weighted by Gasteiger charge is -2.27. The second-order valence-electron chi connectivity index (χ2n) is 5.12. The van der Waals surface area contributed by atoms with Crippen LogP contribution in [0.4, 0.5) is 11.4 Å². The van der Waals surface area contributed by atoms with Crippen molar-refractivity contribution < 1.29 is 19.5 Å². The van der Waals surface area contributed by atoms with E-state index in [-0.39, 0.29) is 0 Å². The van der Waals surface area contributed by atoms with Crippen molar-refractivity contribution in [1.82, 2.24) is 0 Å². The van der Waals surface area contributed by atoms with Gasteiger partial charge in [-0.2, -0.15) is 0 Å². The van der Waals surface area contributed by atoms with Gasteiger partial charge in [-0.25, -0.2) is 10.0 Å². The molecule has 6 nitrogen and oxygen atoms in total. The Hall–Kier alpha value is -3.15. The Morgan fingerprint density at radius 1 is 0.826 bits per heavy atom. The van der Waals surface area contributed by atoms with Gasteiger partial charge in [-0.1, -0.05) is 36.4 Å². The number of carboxylic acid groups (broad SMARTS) is 1. The summed E-state index contributed by atoms with van der Waals surface area (Å²) in [5, 5.41) is 11.5. The molecule has 3 rings (SSSR count). The van der Waals surface area contributed by atoms with Gasteiger partial charge in [0.2, 0.25) is 0 Å². The highest BCUT2D eigenvalue weighted by Gasteiger charge is 2.47. The maximum atomic E-state index is 12.6. The predicted molar refractivity (Wildman–Crippen MR) is 83.6 cm³/mol. The van der Waals surface area contributed by atoms with E-state index in [1.165, 1.54) is 10.0 Å². The third-order valence-corrected chi connectivity index (χ3v) is 3.59. The van der Waals surface area contributed by atoms with Gasteiger partial charge in [-0.15, -0.1) is 0 Å². The van der Waals surface area contributed by atoms with Crippen LogP contribution in [0.25, 0.3) is 0 Å². The highest BCUT2D eigenvalue weighted by Crippen LogP contribution is 2.32. The van der Waals surface area contributed by atoms with Crippen LogP contribution in [0.5, 0.6) is 0 Å². The molecule has 2 aromatic rings. The molecule has 23 heavy (non-hydrogen) atoms. The number of aliphatic carboxylic acids is 1. The van der Waals surface area contributed by atoms with Crippen LogP contribution in [0.15, 0.2) is 60.7 Å². The summed E-state index contributed by atoms with van der Waals surface area (Å²) in [5.41, 5.74) is 1.03. The zero-order valence-corrected chi connectivity index (χ0v) is 12.1. The summed E-state index contributed by atoms with van der Waals surface area (Å²) in [6, 6.07) is 17.4. The first-order chi connectivity index (χ1) is 11.1. The minimum atomic E-state index is -1.21. The molecule has 0 atom stereocenters. The van der Waals surface area contributed by atoms with Crippen molar-refractivity contribution in [2.24, 2.45) is 5.92 Å². The van der Waals surface area contributed by atoms with E-state index in [9.17, 15) is 14.4 Å². The smallest absolute Gasteiger partial charge is 0.304 e. The van der Waals surface area contributed by atoms with Crippen molar-refractivity contribution >= 4 is 29.2 Å². The lowest BCUT2D eigenvalue weighted by molar-refractivity contribution is -0.142. The average Bonchev–Trinajstić information content (AvgIpc) is 2.80. The fraction of sp³-hybridized carbons (Fsp3) is 0.118. The van der Waals surface area contributed by atoms with Crippen LogP contribution < -0.4 is 10.0 Å². The first-order valence-corrected chi connectivity index (χ1v) is 7.09. The highest BCUT2D eigenvalue weighted by molar-refractivity contribution is 6.23. The number of carbonyl (C=O) groups is 3. The molecule has 1 saturated heterocycles. The third kappa shape index (κ3) is 2.66. The van der Waals surface area contributed by atoms with Crippen molar-refractivity contribution in [2.45, 2.75) is 6.42 Å². The molecule has 0 saturated carbocycles. The Balaban J connectivity index is 2.07. The third-order valence-electron chi connectivity index (χ3n) is 3.59. The van der Waals surface area contributed by atoms with E-state index in [0.29, 0.717) is 11.4 Å². The number of hydrazine groups is 1. The molecule has 1 aliphatic rings. The number of hydrogen-bond acceptors (Lipinski definition) is 3. The van der Waals surface area contributed by atoms with Gasteiger partial charge in [0.15, 0.2) is 0 Å². The van der Waals surface area contributed by atoms with Gasteiger partial charge in [0.1, 0.15) is 5.92 Å². The van der Waals surface area contributed by atoms with Crippen LogP contribution in [0.1, 0.15) is 6.42 Å². The fourth-order valence-electron chi connectivity index (χ4n) is 2.57. The zero-order valence-electron chi connectivity index (χ0n) is 12.1. The Kier molecular flexibility index (Phi) is 3.80. The van der Waals surface area contributed by atoms with Crippen LogP contribution in [-0.2, 0) is 14.4 Å². The van der Waals surface area contributed by atoms with E-state index in [1.807, 2.05) is 0 Å². The summed E-state index contributed by atoms with van der Waals surface area (Å²) in [5.74, 6) is -3.47. The van der Waals surface area contributed by atoms with Crippen LogP contribution in [0, 0.1) is 5.92 Å². The molecule has 0 aliphatic carbocycles. The molecule has 2 aromatic carbocycles. The van der Waals surface area contributed by atoms with Gasteiger partial charge in [0.25, 0.3) is 11.8 Å². The molecule has 1 fully saturated rings. The summed E-state index contributed by atoms with van der Waals surface area (Å²) in [6.07, 6.45) is -0.523. The van der Waals surface area contributed by atoms with Crippen molar-refractivity contribution in [2.75, 3.05) is 10.0 Å². The molecule has 0 aromatic heterocycles. The fourth-order valence-corrected chi connectivity index (χ4v) is 2.57. The molecule has 0 bridgehead atoms. The molecule has 6 heteroatoms. The number of nitrogens with zero attached hydrogens (tertiary/aromatic N) is 2. The molecular formula is C17H14N2O4. The summed E-state index contributed by atoms with van der Waals surface area (Å²) in [7, 11) is 0. The zero-order chi connectivity index (χ0) is 16.4. The summed E-state index contributed by atoms with van der Waals surface area (Å²) >= 11 is 0. The Bertz CT molecular complexity index is 688. The Labute approximate surface area is 132 Å². The van der Waals surface area contributed by atoms with E-state index in [2.05, 4.69) is 0 Å². The molecule has 1 N–H and O–H groups in total. The van der Waals surface area contributed by atoms with Crippen LogP contribution in [-0.4, -0.2) is 22.9 Å². The van der Waals surface area contributed by atoms with Gasteiger partial charge in [-0.3, -0.25) is 14.4 Å². The molecule has 116 valence electrons. The SMILES string of the molecule is O=C(O)CC1C(=O)N(c2ccccc2)N(c2ccccc2)C1=O. The maximum absolute atomic E-state index is 12.6. The van der Waals surface area contributed by atoms with Crippen molar-refractivity contribution in [3.63, 3.8) is 0 Å². The maximum Gasteiger partial charge on any atom is 0.304 e. The monoisotopic (exact) mass is 310 g/mol. The summed E-state index contributed by atoms with van der Waals surface area (Å²) in [6.45, 7) is 0. The van der Waals surface area contributed by atoms with E-state index in [0.717, 1.165) is 0 Å². The number of amides is 2. The van der Waals surface area contributed by atoms with Gasteiger partial charge < -0.3 is 5.11 Å². The molecular weight excluding hydrogens is 296 g/mol. The quantitative estimate of drug-likeness (QED) is 0.877. The van der Waals surface area contributed by atoms with E-state index >= 15 is 0 Å². The number of hydrogen-bond donors (Lipinski definition) is 1. The molecule has 1 heterocycles. The van der Waals surface area contributed by atoms with Gasteiger partial charge in [0, 0.05) is 0 Å². The standard InChI is InChI=1S/C17H14N2O4/c20-15(21)11-14-16(22)18(12-7-3-1-4-8-12)19(17(14)23)13-9-5-2-6-10-13/h1-10,14H,11H2,(H,20,21). The predicted octanol–water partition coefficient (Wildman–Crippen LogP) is 2.07. The number of benzene rings is 2. The molecule has 0 radical (unpaired) electrons. The van der Waals surface area contributed by atoms with Gasteiger partial charge in [0.05, 0.1) is 17.8 Å². The van der Waals surface area contributed by atoms with Crippen molar-refractivity contribution in [3.8, 4) is 0 Å². The average molecular weight is 310 g/mol. The lowest BCUT2D eigenvalue weighted by Crippen LogP contribution is -2.41. The Morgan fingerprint density at radius 3 is 1.57 bits per heavy atom. The van der Waals surface area contributed by atoms with E-state index in [1.54, 1.807) is 60.7 Å². The number of rotatable bonds is 4. The van der Waals surface area contributed by atoms with Gasteiger partial charge >= 0.3 is 5.97 Å².